The van der Waals surface area contributed by atoms with Gasteiger partial charge in [0.15, 0.2) is 0 Å². The third kappa shape index (κ3) is 4.20. The molecule has 0 aromatic carbocycles. The minimum Gasteiger partial charge on any atom is -0.354 e. The molecule has 1 aliphatic heterocycles. The normalized spacial score (nSPS) is 19.3. The first-order valence-electron chi connectivity index (χ1n) is 8.27. The Morgan fingerprint density at radius 3 is 3.00 bits per heavy atom. The molecular formula is C17H29N3. The molecule has 1 fully saturated rings. The van der Waals surface area contributed by atoms with Gasteiger partial charge in [0, 0.05) is 25.3 Å². The van der Waals surface area contributed by atoms with Gasteiger partial charge in [-0.1, -0.05) is 20.3 Å². The standard InChI is InChI=1S/C17H29N3/c1-3-7-16-8-5-6-12-20(16)17-13-15(9-11-19-17)14-18-10-4-2/h9,11,13,16,18H,3-8,10,12,14H2,1-2H3. The maximum Gasteiger partial charge on any atom is 0.129 e. The van der Waals surface area contributed by atoms with Gasteiger partial charge in [0.25, 0.3) is 0 Å². The molecule has 0 spiro atoms. The smallest absolute Gasteiger partial charge is 0.129 e. The van der Waals surface area contributed by atoms with Gasteiger partial charge in [0.2, 0.25) is 0 Å². The van der Waals surface area contributed by atoms with Gasteiger partial charge in [-0.15, -0.1) is 0 Å². The van der Waals surface area contributed by atoms with Crippen LogP contribution in [0.2, 0.25) is 0 Å². The first-order chi connectivity index (χ1) is 9.85. The Morgan fingerprint density at radius 2 is 2.20 bits per heavy atom. The molecule has 2 rings (SSSR count). The van der Waals surface area contributed by atoms with Crippen LogP contribution in [0.4, 0.5) is 5.82 Å². The van der Waals surface area contributed by atoms with Gasteiger partial charge in [-0.3, -0.25) is 0 Å². The fraction of sp³-hybridized carbons (Fsp3) is 0.706. The lowest BCUT2D eigenvalue weighted by molar-refractivity contribution is 0.431. The molecule has 0 amide bonds. The Kier molecular flexibility index (Phi) is 6.31. The van der Waals surface area contributed by atoms with Crippen LogP contribution in [0.3, 0.4) is 0 Å². The zero-order valence-corrected chi connectivity index (χ0v) is 13.1. The van der Waals surface area contributed by atoms with Gasteiger partial charge in [0.1, 0.15) is 5.82 Å². The molecule has 3 heteroatoms. The van der Waals surface area contributed by atoms with Gasteiger partial charge in [0.05, 0.1) is 0 Å². The molecule has 1 atom stereocenters. The van der Waals surface area contributed by atoms with Crippen LogP contribution < -0.4 is 10.2 Å². The fourth-order valence-electron chi connectivity index (χ4n) is 3.07. The van der Waals surface area contributed by atoms with E-state index in [9.17, 15) is 0 Å². The van der Waals surface area contributed by atoms with Crippen LogP contribution >= 0.6 is 0 Å². The third-order valence-corrected chi connectivity index (χ3v) is 4.11. The van der Waals surface area contributed by atoms with Gasteiger partial charge in [-0.05, 0) is 56.3 Å². The first-order valence-corrected chi connectivity index (χ1v) is 8.27. The maximum atomic E-state index is 4.62. The van der Waals surface area contributed by atoms with Crippen molar-refractivity contribution in [1.29, 1.82) is 0 Å². The van der Waals surface area contributed by atoms with Crippen molar-refractivity contribution < 1.29 is 0 Å². The van der Waals surface area contributed by atoms with Crippen molar-refractivity contribution in [2.45, 2.75) is 65.0 Å². The van der Waals surface area contributed by atoms with E-state index in [1.165, 1.54) is 56.5 Å². The van der Waals surface area contributed by atoms with E-state index in [1.807, 2.05) is 6.20 Å². The highest BCUT2D eigenvalue weighted by Crippen LogP contribution is 2.26. The lowest BCUT2D eigenvalue weighted by atomic mass is 9.98. The largest absolute Gasteiger partial charge is 0.354 e. The number of rotatable bonds is 7. The summed E-state index contributed by atoms with van der Waals surface area (Å²) < 4.78 is 0. The number of nitrogens with one attached hydrogen (secondary N) is 1. The van der Waals surface area contributed by atoms with Gasteiger partial charge in [-0.25, -0.2) is 4.98 Å². The molecule has 0 radical (unpaired) electrons. The van der Waals surface area contributed by atoms with Crippen molar-refractivity contribution >= 4 is 5.82 Å². The average Bonchev–Trinajstić information content (AvgIpc) is 2.49. The Labute approximate surface area is 123 Å². The maximum absolute atomic E-state index is 4.62. The van der Waals surface area contributed by atoms with Gasteiger partial charge < -0.3 is 10.2 Å². The van der Waals surface area contributed by atoms with Crippen LogP contribution in [-0.2, 0) is 6.54 Å². The van der Waals surface area contributed by atoms with Crippen molar-refractivity contribution in [1.82, 2.24) is 10.3 Å². The predicted octanol–water partition coefficient (Wildman–Crippen LogP) is 3.74. The number of anilines is 1. The molecule has 0 aliphatic carbocycles. The number of pyridine rings is 1. The molecule has 1 aliphatic rings. The summed E-state index contributed by atoms with van der Waals surface area (Å²) in [7, 11) is 0. The molecule has 1 saturated heterocycles. The molecule has 1 aromatic heterocycles. The van der Waals surface area contributed by atoms with E-state index in [0.717, 1.165) is 13.1 Å². The zero-order chi connectivity index (χ0) is 14.2. The highest BCUT2D eigenvalue weighted by atomic mass is 15.2. The molecular weight excluding hydrogens is 246 g/mol. The molecule has 112 valence electrons. The number of hydrogen-bond acceptors (Lipinski definition) is 3. The quantitative estimate of drug-likeness (QED) is 0.768. The Bertz CT molecular complexity index is 390. The summed E-state index contributed by atoms with van der Waals surface area (Å²) in [5.41, 5.74) is 1.35. The SMILES string of the molecule is CCCNCc1ccnc(N2CCCCC2CCC)c1. The number of hydrogen-bond donors (Lipinski definition) is 1. The topological polar surface area (TPSA) is 28.2 Å². The number of piperidine rings is 1. The van der Waals surface area contributed by atoms with Gasteiger partial charge >= 0.3 is 0 Å². The summed E-state index contributed by atoms with van der Waals surface area (Å²) in [4.78, 5) is 7.16. The minimum absolute atomic E-state index is 0.695. The van der Waals surface area contributed by atoms with Gasteiger partial charge in [-0.2, -0.15) is 0 Å². The van der Waals surface area contributed by atoms with E-state index < -0.39 is 0 Å². The minimum atomic E-state index is 0.695. The summed E-state index contributed by atoms with van der Waals surface area (Å²) >= 11 is 0. The Morgan fingerprint density at radius 1 is 1.30 bits per heavy atom. The predicted molar refractivity (Wildman–Crippen MR) is 86.1 cm³/mol. The first kappa shape index (κ1) is 15.3. The Balaban J connectivity index is 2.03. The van der Waals surface area contributed by atoms with E-state index >= 15 is 0 Å². The lowest BCUT2D eigenvalue weighted by Gasteiger charge is -2.36. The van der Waals surface area contributed by atoms with Crippen LogP contribution in [0.25, 0.3) is 0 Å². The molecule has 1 unspecified atom stereocenters. The lowest BCUT2D eigenvalue weighted by Crippen LogP contribution is -2.40. The monoisotopic (exact) mass is 275 g/mol. The second kappa shape index (κ2) is 8.25. The summed E-state index contributed by atoms with van der Waals surface area (Å²) in [5.74, 6) is 1.18. The average molecular weight is 275 g/mol. The van der Waals surface area contributed by atoms with Crippen LogP contribution in [0.5, 0.6) is 0 Å². The number of aromatic nitrogens is 1. The van der Waals surface area contributed by atoms with Crippen molar-refractivity contribution in [3.05, 3.63) is 23.9 Å². The third-order valence-electron chi connectivity index (χ3n) is 4.11. The van der Waals surface area contributed by atoms with Crippen LogP contribution in [-0.4, -0.2) is 24.1 Å². The molecule has 1 N–H and O–H groups in total. The van der Waals surface area contributed by atoms with Crippen molar-refractivity contribution in [3.63, 3.8) is 0 Å². The molecule has 3 nitrogen and oxygen atoms in total. The highest BCUT2D eigenvalue weighted by molar-refractivity contribution is 5.42. The summed E-state index contributed by atoms with van der Waals surface area (Å²) in [5, 5.41) is 3.47. The zero-order valence-electron chi connectivity index (χ0n) is 13.1. The van der Waals surface area contributed by atoms with Crippen molar-refractivity contribution in [2.24, 2.45) is 0 Å². The molecule has 1 aromatic rings. The fourth-order valence-corrected chi connectivity index (χ4v) is 3.07. The Hall–Kier alpha value is -1.09. The number of nitrogens with zero attached hydrogens (tertiary/aromatic N) is 2. The van der Waals surface area contributed by atoms with E-state index in [0.29, 0.717) is 6.04 Å². The van der Waals surface area contributed by atoms with E-state index in [2.05, 4.69) is 41.2 Å². The summed E-state index contributed by atoms with van der Waals surface area (Å²) in [6.45, 7) is 7.69. The molecule has 20 heavy (non-hydrogen) atoms. The van der Waals surface area contributed by atoms with Crippen LogP contribution in [0, 0.1) is 0 Å². The summed E-state index contributed by atoms with van der Waals surface area (Å²) in [6.07, 6.45) is 9.71. The van der Waals surface area contributed by atoms with Crippen molar-refractivity contribution in [3.8, 4) is 0 Å². The van der Waals surface area contributed by atoms with E-state index in [1.54, 1.807) is 0 Å². The molecule has 0 bridgehead atoms. The van der Waals surface area contributed by atoms with E-state index in [4.69, 9.17) is 0 Å². The molecule has 2 heterocycles. The highest BCUT2D eigenvalue weighted by Gasteiger charge is 2.22. The van der Waals surface area contributed by atoms with Crippen LogP contribution in [0.1, 0.15) is 57.9 Å². The second-order valence-electron chi connectivity index (χ2n) is 5.83. The van der Waals surface area contributed by atoms with Crippen molar-refractivity contribution in [2.75, 3.05) is 18.0 Å². The second-order valence-corrected chi connectivity index (χ2v) is 5.83. The van der Waals surface area contributed by atoms with E-state index in [-0.39, 0.29) is 0 Å². The van der Waals surface area contributed by atoms with Crippen LogP contribution in [0.15, 0.2) is 18.3 Å². The molecule has 0 saturated carbocycles. The summed E-state index contributed by atoms with van der Waals surface area (Å²) in [6, 6.07) is 5.10.